The first kappa shape index (κ1) is 16.4. The Hall–Kier alpha value is -2.42. The summed E-state index contributed by atoms with van der Waals surface area (Å²) >= 11 is 0. The molecule has 1 aromatic heterocycles. The number of aromatic nitrogens is 3. The van der Waals surface area contributed by atoms with Crippen molar-refractivity contribution in [3.8, 4) is 11.4 Å². The minimum Gasteiger partial charge on any atom is -0.379 e. The van der Waals surface area contributed by atoms with Gasteiger partial charge < -0.3 is 10.0 Å². The van der Waals surface area contributed by atoms with Crippen molar-refractivity contribution in [3.63, 3.8) is 0 Å². The Morgan fingerprint density at radius 1 is 1.38 bits per heavy atom. The Morgan fingerprint density at radius 2 is 2.17 bits per heavy atom. The molecule has 2 heterocycles. The van der Waals surface area contributed by atoms with Gasteiger partial charge in [-0.2, -0.15) is 18.3 Å². The zero-order chi connectivity index (χ0) is 17.4. The molecule has 0 saturated carbocycles. The van der Waals surface area contributed by atoms with Crippen LogP contribution in [-0.4, -0.2) is 56.0 Å². The van der Waals surface area contributed by atoms with Gasteiger partial charge >= 0.3 is 6.18 Å². The number of carbonyl (C=O) groups excluding carboxylic acids is 1. The fourth-order valence-electron chi connectivity index (χ4n) is 2.77. The van der Waals surface area contributed by atoms with Crippen molar-refractivity contribution in [1.82, 2.24) is 20.1 Å². The zero-order valence-electron chi connectivity index (χ0n) is 12.5. The van der Waals surface area contributed by atoms with E-state index in [1.54, 1.807) is 12.1 Å². The fourth-order valence-corrected chi connectivity index (χ4v) is 2.77. The Morgan fingerprint density at radius 3 is 2.83 bits per heavy atom. The van der Waals surface area contributed by atoms with Crippen LogP contribution in [0.1, 0.15) is 23.2 Å². The van der Waals surface area contributed by atoms with E-state index in [-0.39, 0.29) is 18.5 Å². The van der Waals surface area contributed by atoms with Gasteiger partial charge in [-0.1, -0.05) is 12.1 Å². The molecular formula is C15H15F3N4O2. The number of rotatable bonds is 2. The van der Waals surface area contributed by atoms with Gasteiger partial charge in [-0.05, 0) is 25.0 Å². The lowest BCUT2D eigenvalue weighted by atomic mass is 9.91. The first-order chi connectivity index (χ1) is 11.3. The largest absolute Gasteiger partial charge is 0.418 e. The van der Waals surface area contributed by atoms with E-state index in [4.69, 9.17) is 0 Å². The molecule has 1 aromatic carbocycles. The molecule has 0 aliphatic carbocycles. The average Bonchev–Trinajstić information content (AvgIpc) is 3.08. The van der Waals surface area contributed by atoms with Crippen LogP contribution < -0.4 is 0 Å². The molecule has 1 saturated heterocycles. The van der Waals surface area contributed by atoms with Crippen LogP contribution in [0.15, 0.2) is 30.6 Å². The van der Waals surface area contributed by atoms with E-state index in [0.717, 1.165) is 4.90 Å². The molecule has 1 aliphatic rings. The van der Waals surface area contributed by atoms with Crippen LogP contribution in [0.25, 0.3) is 11.4 Å². The Balaban J connectivity index is 1.83. The molecule has 0 bridgehead atoms. The standard InChI is InChI=1S/C15H15F3N4O2/c16-15(17,18)14(24)5-2-6-22(8-14)13(23)11-4-1-3-10(7-11)12-19-9-20-21-12/h1,3-4,7,9,24H,2,5-6,8H2,(H,19,20,21). The number of alkyl halides is 3. The predicted octanol–water partition coefficient (Wildman–Crippen LogP) is 2.00. The average molecular weight is 340 g/mol. The summed E-state index contributed by atoms with van der Waals surface area (Å²) in [6.07, 6.45) is -3.77. The van der Waals surface area contributed by atoms with Gasteiger partial charge in [-0.25, -0.2) is 4.98 Å². The molecule has 24 heavy (non-hydrogen) atoms. The Kier molecular flexibility index (Phi) is 4.04. The highest BCUT2D eigenvalue weighted by Gasteiger charge is 2.55. The SMILES string of the molecule is O=C(c1cccc(-c2ncn[nH]2)c1)N1CCCC(O)(C(F)(F)F)C1. The topological polar surface area (TPSA) is 82.1 Å². The summed E-state index contributed by atoms with van der Waals surface area (Å²) in [5.74, 6) is -0.103. The first-order valence-electron chi connectivity index (χ1n) is 7.34. The number of β-amino-alcohol motifs (C(OH)–C–C–N with tert-alkyl or cyclic N) is 1. The van der Waals surface area contributed by atoms with Crippen LogP contribution in [0.4, 0.5) is 13.2 Å². The van der Waals surface area contributed by atoms with Gasteiger partial charge in [0.05, 0.1) is 6.54 Å². The lowest BCUT2D eigenvalue weighted by Gasteiger charge is -2.40. The monoisotopic (exact) mass is 340 g/mol. The molecule has 3 rings (SSSR count). The molecule has 0 radical (unpaired) electrons. The van der Waals surface area contributed by atoms with Crippen molar-refractivity contribution in [1.29, 1.82) is 0 Å². The number of carbonyl (C=O) groups is 1. The normalized spacial score (nSPS) is 21.8. The third-order valence-electron chi connectivity index (χ3n) is 4.08. The van der Waals surface area contributed by atoms with Crippen molar-refractivity contribution in [2.45, 2.75) is 24.6 Å². The molecular weight excluding hydrogens is 325 g/mol. The number of H-pyrrole nitrogens is 1. The molecule has 1 atom stereocenters. The maximum atomic E-state index is 13.0. The van der Waals surface area contributed by atoms with Crippen LogP contribution in [0.3, 0.4) is 0 Å². The number of aliphatic hydroxyl groups is 1. The van der Waals surface area contributed by atoms with Crippen molar-refractivity contribution in [3.05, 3.63) is 36.2 Å². The Labute approximate surface area is 135 Å². The van der Waals surface area contributed by atoms with Crippen LogP contribution in [0, 0.1) is 0 Å². The number of hydrogen-bond acceptors (Lipinski definition) is 4. The van der Waals surface area contributed by atoms with Gasteiger partial charge in [0.25, 0.3) is 5.91 Å². The molecule has 1 fully saturated rings. The lowest BCUT2D eigenvalue weighted by molar-refractivity contribution is -0.271. The second-order valence-electron chi connectivity index (χ2n) is 5.77. The molecule has 1 unspecified atom stereocenters. The zero-order valence-corrected chi connectivity index (χ0v) is 12.5. The van der Waals surface area contributed by atoms with Gasteiger partial charge in [0, 0.05) is 17.7 Å². The number of aromatic amines is 1. The van der Waals surface area contributed by atoms with Crippen molar-refractivity contribution < 1.29 is 23.1 Å². The highest BCUT2D eigenvalue weighted by Crippen LogP contribution is 2.37. The number of nitrogens with one attached hydrogen (secondary N) is 1. The van der Waals surface area contributed by atoms with Crippen LogP contribution in [0.5, 0.6) is 0 Å². The van der Waals surface area contributed by atoms with Gasteiger partial charge in [-0.15, -0.1) is 0 Å². The number of amides is 1. The van der Waals surface area contributed by atoms with E-state index in [2.05, 4.69) is 15.2 Å². The third kappa shape index (κ3) is 2.99. The predicted molar refractivity (Wildman–Crippen MR) is 78.0 cm³/mol. The van der Waals surface area contributed by atoms with Crippen LogP contribution in [-0.2, 0) is 0 Å². The molecule has 2 aromatic rings. The van der Waals surface area contributed by atoms with Crippen molar-refractivity contribution >= 4 is 5.91 Å². The number of nitrogens with zero attached hydrogens (tertiary/aromatic N) is 3. The second kappa shape index (κ2) is 5.90. The quantitative estimate of drug-likeness (QED) is 0.876. The first-order valence-corrected chi connectivity index (χ1v) is 7.34. The van der Waals surface area contributed by atoms with E-state index in [9.17, 15) is 23.1 Å². The van der Waals surface area contributed by atoms with Gasteiger partial charge in [0.1, 0.15) is 6.33 Å². The smallest absolute Gasteiger partial charge is 0.379 e. The summed E-state index contributed by atoms with van der Waals surface area (Å²) in [4.78, 5) is 17.6. The summed E-state index contributed by atoms with van der Waals surface area (Å²) < 4.78 is 39.0. The third-order valence-corrected chi connectivity index (χ3v) is 4.08. The number of likely N-dealkylation sites (tertiary alicyclic amines) is 1. The van der Waals surface area contributed by atoms with E-state index < -0.39 is 30.7 Å². The van der Waals surface area contributed by atoms with Crippen LogP contribution >= 0.6 is 0 Å². The highest BCUT2D eigenvalue weighted by molar-refractivity contribution is 5.95. The summed E-state index contributed by atoms with van der Waals surface area (Å²) in [6, 6.07) is 6.37. The highest BCUT2D eigenvalue weighted by atomic mass is 19.4. The second-order valence-corrected chi connectivity index (χ2v) is 5.77. The Bertz CT molecular complexity index is 733. The maximum absolute atomic E-state index is 13.0. The molecule has 9 heteroatoms. The maximum Gasteiger partial charge on any atom is 0.418 e. The number of benzene rings is 1. The lowest BCUT2D eigenvalue weighted by Crippen LogP contribution is -2.58. The van der Waals surface area contributed by atoms with Crippen molar-refractivity contribution in [2.75, 3.05) is 13.1 Å². The molecule has 0 spiro atoms. The van der Waals surface area contributed by atoms with Gasteiger partial charge in [-0.3, -0.25) is 9.89 Å². The fraction of sp³-hybridized carbons (Fsp3) is 0.400. The minimum absolute atomic E-state index is 0.0868. The van der Waals surface area contributed by atoms with E-state index >= 15 is 0 Å². The molecule has 1 amide bonds. The summed E-state index contributed by atoms with van der Waals surface area (Å²) in [5, 5.41) is 16.2. The number of hydrogen-bond donors (Lipinski definition) is 2. The van der Waals surface area contributed by atoms with Crippen molar-refractivity contribution in [2.24, 2.45) is 0 Å². The van der Waals surface area contributed by atoms with Crippen LogP contribution in [0.2, 0.25) is 0 Å². The molecule has 6 nitrogen and oxygen atoms in total. The summed E-state index contributed by atoms with van der Waals surface area (Å²) in [7, 11) is 0. The van der Waals surface area contributed by atoms with E-state index in [1.807, 2.05) is 0 Å². The minimum atomic E-state index is -4.77. The molecule has 128 valence electrons. The van der Waals surface area contributed by atoms with Gasteiger partial charge in [0.2, 0.25) is 0 Å². The number of piperidine rings is 1. The number of halogens is 3. The molecule has 1 aliphatic heterocycles. The van der Waals surface area contributed by atoms with E-state index in [0.29, 0.717) is 11.4 Å². The molecule has 2 N–H and O–H groups in total. The summed E-state index contributed by atoms with van der Waals surface area (Å²) in [6.45, 7) is -0.592. The van der Waals surface area contributed by atoms with Gasteiger partial charge in [0.15, 0.2) is 11.4 Å². The van der Waals surface area contributed by atoms with E-state index in [1.165, 1.54) is 18.5 Å². The summed E-state index contributed by atoms with van der Waals surface area (Å²) in [5.41, 5.74) is -2.03.